The molecule has 4 nitrogen and oxygen atoms in total. The Morgan fingerprint density at radius 3 is 2.50 bits per heavy atom. The number of hydrogen-bond acceptors (Lipinski definition) is 3. The number of benzene rings is 2. The van der Waals surface area contributed by atoms with Crippen LogP contribution in [0.15, 0.2) is 47.6 Å². The quantitative estimate of drug-likeness (QED) is 0.514. The minimum atomic E-state index is 0.441. The van der Waals surface area contributed by atoms with Crippen LogP contribution in [0.2, 0.25) is 0 Å². The van der Waals surface area contributed by atoms with Crippen molar-refractivity contribution in [1.82, 2.24) is 5.43 Å². The lowest BCUT2D eigenvalue weighted by molar-refractivity contribution is 0.414. The first-order valence-corrected chi connectivity index (χ1v) is 7.30. The molecule has 0 radical (unpaired) electrons. The van der Waals surface area contributed by atoms with Gasteiger partial charge in [0.05, 0.1) is 13.3 Å². The second kappa shape index (κ2) is 7.56. The zero-order valence-corrected chi connectivity index (χ0v) is 13.7. The summed E-state index contributed by atoms with van der Waals surface area (Å²) in [6, 6.07) is 13.8. The van der Waals surface area contributed by atoms with Gasteiger partial charge in [-0.25, -0.2) is 0 Å². The van der Waals surface area contributed by atoms with Gasteiger partial charge >= 0.3 is 0 Å². The highest BCUT2D eigenvalue weighted by Crippen LogP contribution is 2.15. The number of hydrazone groups is 1. The molecule has 2 aromatic carbocycles. The van der Waals surface area contributed by atoms with E-state index in [1.165, 1.54) is 11.1 Å². The number of nitrogens with one attached hydrogen (secondary N) is 2. The van der Waals surface area contributed by atoms with Gasteiger partial charge in [-0.1, -0.05) is 18.2 Å². The number of nitrogens with zero attached hydrogens (tertiary/aromatic N) is 1. The van der Waals surface area contributed by atoms with Gasteiger partial charge < -0.3 is 10.1 Å². The fourth-order valence-corrected chi connectivity index (χ4v) is 2.31. The van der Waals surface area contributed by atoms with Crippen molar-refractivity contribution in [2.75, 3.05) is 12.4 Å². The predicted molar refractivity (Wildman–Crippen MR) is 95.9 cm³/mol. The van der Waals surface area contributed by atoms with E-state index in [1.807, 2.05) is 36.4 Å². The highest BCUT2D eigenvalue weighted by atomic mass is 32.1. The summed E-state index contributed by atoms with van der Waals surface area (Å²) in [5.41, 5.74) is 7.00. The molecule has 2 rings (SSSR count). The predicted octanol–water partition coefficient (Wildman–Crippen LogP) is 3.63. The Morgan fingerprint density at radius 1 is 1.14 bits per heavy atom. The van der Waals surface area contributed by atoms with E-state index in [0.29, 0.717) is 5.11 Å². The molecule has 0 unspecified atom stereocenters. The van der Waals surface area contributed by atoms with Crippen LogP contribution in [0.1, 0.15) is 16.7 Å². The van der Waals surface area contributed by atoms with Crippen molar-refractivity contribution in [3.8, 4) is 5.75 Å². The Balaban J connectivity index is 1.96. The van der Waals surface area contributed by atoms with Gasteiger partial charge in [-0.3, -0.25) is 5.43 Å². The minimum absolute atomic E-state index is 0.441. The minimum Gasteiger partial charge on any atom is -0.496 e. The zero-order valence-electron chi connectivity index (χ0n) is 12.9. The number of hydrogen-bond donors (Lipinski definition) is 2. The molecule has 0 aliphatic rings. The third kappa shape index (κ3) is 4.56. The molecule has 0 aliphatic heterocycles. The molecular weight excluding hydrogens is 294 g/mol. The van der Waals surface area contributed by atoms with E-state index < -0.39 is 0 Å². The van der Waals surface area contributed by atoms with E-state index in [4.69, 9.17) is 17.0 Å². The van der Waals surface area contributed by atoms with Gasteiger partial charge in [0.1, 0.15) is 5.75 Å². The lowest BCUT2D eigenvalue weighted by Crippen LogP contribution is -2.23. The van der Waals surface area contributed by atoms with Crippen LogP contribution in [0.25, 0.3) is 0 Å². The molecular formula is C17H19N3OS. The highest BCUT2D eigenvalue weighted by Gasteiger charge is 2.00. The maximum atomic E-state index is 5.26. The summed E-state index contributed by atoms with van der Waals surface area (Å²) in [7, 11) is 1.63. The first kappa shape index (κ1) is 16.0. The standard InChI is InChI=1S/C17H19N3OS/c1-12-8-13(2)10-15(9-12)19-17(22)20-18-11-14-6-4-5-7-16(14)21-3/h4-11H,1-3H3,(H2,19,20,22)/b18-11+. The smallest absolute Gasteiger partial charge is 0.191 e. The number of methoxy groups -OCH3 is 1. The van der Waals surface area contributed by atoms with E-state index in [9.17, 15) is 0 Å². The molecule has 5 heteroatoms. The Kier molecular flexibility index (Phi) is 5.49. The first-order valence-electron chi connectivity index (χ1n) is 6.90. The van der Waals surface area contributed by atoms with Crippen molar-refractivity contribution in [1.29, 1.82) is 0 Å². The molecule has 0 spiro atoms. The molecule has 2 N–H and O–H groups in total. The lowest BCUT2D eigenvalue weighted by atomic mass is 10.1. The molecule has 0 aromatic heterocycles. The monoisotopic (exact) mass is 313 g/mol. The fraction of sp³-hybridized carbons (Fsp3) is 0.176. The first-order chi connectivity index (χ1) is 10.6. The Hall–Kier alpha value is -2.40. The van der Waals surface area contributed by atoms with Crippen molar-refractivity contribution in [2.45, 2.75) is 13.8 Å². The number of rotatable bonds is 4. The molecule has 114 valence electrons. The molecule has 2 aromatic rings. The van der Waals surface area contributed by atoms with Gasteiger partial charge in [0.2, 0.25) is 0 Å². The Bertz CT molecular complexity index is 678. The molecule has 0 saturated heterocycles. The number of thiocarbonyl (C=S) groups is 1. The topological polar surface area (TPSA) is 45.6 Å². The zero-order chi connectivity index (χ0) is 15.9. The van der Waals surface area contributed by atoms with Gasteiger partial charge in [0.25, 0.3) is 0 Å². The molecule has 0 saturated carbocycles. The second-order valence-electron chi connectivity index (χ2n) is 4.94. The lowest BCUT2D eigenvalue weighted by Gasteiger charge is -2.09. The van der Waals surface area contributed by atoms with Crippen molar-refractivity contribution < 1.29 is 4.74 Å². The largest absolute Gasteiger partial charge is 0.496 e. The summed E-state index contributed by atoms with van der Waals surface area (Å²) < 4.78 is 5.26. The van der Waals surface area contributed by atoms with Crippen LogP contribution in [-0.4, -0.2) is 18.4 Å². The molecule has 22 heavy (non-hydrogen) atoms. The van der Waals surface area contributed by atoms with Gasteiger partial charge in [-0.2, -0.15) is 5.10 Å². The summed E-state index contributed by atoms with van der Waals surface area (Å²) in [5, 5.41) is 7.69. The van der Waals surface area contributed by atoms with Crippen molar-refractivity contribution in [3.05, 3.63) is 59.2 Å². The van der Waals surface area contributed by atoms with E-state index >= 15 is 0 Å². The number of para-hydroxylation sites is 1. The van der Waals surface area contributed by atoms with Crippen molar-refractivity contribution >= 4 is 29.2 Å². The normalized spacial score (nSPS) is 10.5. The van der Waals surface area contributed by atoms with Crippen LogP contribution in [0.5, 0.6) is 5.75 Å². The van der Waals surface area contributed by atoms with E-state index in [-0.39, 0.29) is 0 Å². The van der Waals surface area contributed by atoms with Crippen LogP contribution in [0, 0.1) is 13.8 Å². The summed E-state index contributed by atoms with van der Waals surface area (Å²) in [6.07, 6.45) is 1.67. The number of aryl methyl sites for hydroxylation is 2. The van der Waals surface area contributed by atoms with E-state index in [0.717, 1.165) is 17.0 Å². The van der Waals surface area contributed by atoms with Crippen LogP contribution in [0.4, 0.5) is 5.69 Å². The molecule has 0 fully saturated rings. The third-order valence-corrected chi connectivity index (χ3v) is 3.18. The molecule has 0 atom stereocenters. The van der Waals surface area contributed by atoms with Gasteiger partial charge in [-0.15, -0.1) is 0 Å². The van der Waals surface area contributed by atoms with Crippen LogP contribution in [0.3, 0.4) is 0 Å². The Morgan fingerprint density at radius 2 is 1.82 bits per heavy atom. The van der Waals surface area contributed by atoms with Gasteiger partial charge in [0, 0.05) is 11.3 Å². The summed E-state index contributed by atoms with van der Waals surface area (Å²) >= 11 is 5.23. The molecule has 0 bridgehead atoms. The molecule has 0 aliphatic carbocycles. The Labute approximate surface area is 136 Å². The highest BCUT2D eigenvalue weighted by molar-refractivity contribution is 7.80. The maximum Gasteiger partial charge on any atom is 0.191 e. The summed E-state index contributed by atoms with van der Waals surface area (Å²) in [5.74, 6) is 0.765. The molecule has 0 heterocycles. The van der Waals surface area contributed by atoms with Gasteiger partial charge in [-0.05, 0) is 61.5 Å². The number of anilines is 1. The summed E-state index contributed by atoms with van der Waals surface area (Å²) in [4.78, 5) is 0. The fourth-order valence-electron chi connectivity index (χ4n) is 2.14. The van der Waals surface area contributed by atoms with Crippen molar-refractivity contribution in [2.24, 2.45) is 5.10 Å². The van der Waals surface area contributed by atoms with E-state index in [2.05, 4.69) is 35.8 Å². The average Bonchev–Trinajstić information content (AvgIpc) is 2.46. The van der Waals surface area contributed by atoms with Crippen LogP contribution in [-0.2, 0) is 0 Å². The average molecular weight is 313 g/mol. The third-order valence-electron chi connectivity index (χ3n) is 2.99. The SMILES string of the molecule is COc1ccccc1/C=N/NC(=S)Nc1cc(C)cc(C)c1. The van der Waals surface area contributed by atoms with Gasteiger partial charge in [0.15, 0.2) is 5.11 Å². The maximum absolute atomic E-state index is 5.26. The van der Waals surface area contributed by atoms with Crippen LogP contribution >= 0.6 is 12.2 Å². The number of ether oxygens (including phenoxy) is 1. The van der Waals surface area contributed by atoms with Crippen LogP contribution < -0.4 is 15.5 Å². The second-order valence-corrected chi connectivity index (χ2v) is 5.35. The summed E-state index contributed by atoms with van der Waals surface area (Å²) in [6.45, 7) is 4.10. The molecule has 0 amide bonds. The van der Waals surface area contributed by atoms with Crippen molar-refractivity contribution in [3.63, 3.8) is 0 Å². The van der Waals surface area contributed by atoms with E-state index in [1.54, 1.807) is 13.3 Å².